The third kappa shape index (κ3) is 5.03. The maximum absolute atomic E-state index is 13.4. The van der Waals surface area contributed by atoms with E-state index < -0.39 is 30.1 Å². The van der Waals surface area contributed by atoms with Gasteiger partial charge in [0.1, 0.15) is 6.61 Å². The van der Waals surface area contributed by atoms with Crippen molar-refractivity contribution < 1.29 is 24.2 Å². The molecular formula is C26H24N2O5. The van der Waals surface area contributed by atoms with Gasteiger partial charge in [0.2, 0.25) is 0 Å². The van der Waals surface area contributed by atoms with Crippen molar-refractivity contribution >= 4 is 18.0 Å². The van der Waals surface area contributed by atoms with Crippen LogP contribution in [0.2, 0.25) is 0 Å². The number of rotatable bonds is 8. The third-order valence-corrected chi connectivity index (χ3v) is 5.57. The Hall–Kier alpha value is -4.13. The van der Waals surface area contributed by atoms with Crippen LogP contribution in [0.15, 0.2) is 91.0 Å². The predicted molar refractivity (Wildman–Crippen MR) is 121 cm³/mol. The number of carbonyl (C=O) groups excluding carboxylic acids is 2. The van der Waals surface area contributed by atoms with Crippen molar-refractivity contribution in [2.75, 3.05) is 0 Å². The number of hydrogen-bond acceptors (Lipinski definition) is 4. The van der Waals surface area contributed by atoms with Crippen LogP contribution in [0.4, 0.5) is 4.79 Å². The summed E-state index contributed by atoms with van der Waals surface area (Å²) in [7, 11) is 0. The fourth-order valence-corrected chi connectivity index (χ4v) is 3.97. The van der Waals surface area contributed by atoms with Crippen LogP contribution in [0.3, 0.4) is 0 Å². The Kier molecular flexibility index (Phi) is 6.69. The highest BCUT2D eigenvalue weighted by molar-refractivity contribution is 5.96. The molecule has 0 aliphatic carbocycles. The van der Waals surface area contributed by atoms with Gasteiger partial charge in [0.15, 0.2) is 12.1 Å². The normalized spacial score (nSPS) is 17.8. The molecule has 7 nitrogen and oxygen atoms in total. The number of carboxylic acids is 1. The molecule has 0 saturated carbocycles. The van der Waals surface area contributed by atoms with Crippen LogP contribution in [0.25, 0.3) is 0 Å². The summed E-state index contributed by atoms with van der Waals surface area (Å²) in [4.78, 5) is 41.4. The molecule has 3 aromatic rings. The van der Waals surface area contributed by atoms with Crippen LogP contribution in [0.5, 0.6) is 0 Å². The highest BCUT2D eigenvalue weighted by Crippen LogP contribution is 2.29. The molecule has 0 aromatic heterocycles. The van der Waals surface area contributed by atoms with Crippen LogP contribution in [0.1, 0.15) is 16.7 Å². The lowest BCUT2D eigenvalue weighted by Crippen LogP contribution is -2.48. The van der Waals surface area contributed by atoms with Crippen molar-refractivity contribution in [2.45, 2.75) is 31.8 Å². The Morgan fingerprint density at radius 3 is 1.58 bits per heavy atom. The van der Waals surface area contributed by atoms with E-state index in [1.54, 1.807) is 0 Å². The zero-order valence-corrected chi connectivity index (χ0v) is 17.9. The average Bonchev–Trinajstić information content (AvgIpc) is 3.11. The van der Waals surface area contributed by atoms with Gasteiger partial charge in [-0.05, 0) is 16.7 Å². The van der Waals surface area contributed by atoms with Crippen LogP contribution in [0, 0.1) is 0 Å². The highest BCUT2D eigenvalue weighted by Gasteiger charge is 2.53. The van der Waals surface area contributed by atoms with E-state index in [-0.39, 0.29) is 19.7 Å². The van der Waals surface area contributed by atoms with E-state index >= 15 is 0 Å². The Labute approximate surface area is 191 Å². The minimum absolute atomic E-state index is 0.00539. The molecule has 1 N–H and O–H groups in total. The average molecular weight is 444 g/mol. The van der Waals surface area contributed by atoms with Gasteiger partial charge in [0.25, 0.3) is 0 Å². The van der Waals surface area contributed by atoms with Crippen LogP contribution in [-0.2, 0) is 34.0 Å². The molecule has 1 saturated heterocycles. The molecule has 1 heterocycles. The topological polar surface area (TPSA) is 87.1 Å². The van der Waals surface area contributed by atoms with Gasteiger partial charge in [-0.1, -0.05) is 91.0 Å². The number of urea groups is 1. The SMILES string of the molecule is O=C(O)[C@@H]1[C@H](C(=O)OCc2ccccc2)N(Cc2ccccc2)C(=O)N1Cc1ccccc1. The highest BCUT2D eigenvalue weighted by atomic mass is 16.5. The van der Waals surface area contributed by atoms with E-state index in [1.165, 1.54) is 9.80 Å². The second-order valence-corrected chi connectivity index (χ2v) is 7.83. The standard InChI is InChI=1S/C26H24N2O5/c29-24(30)22-23(25(31)33-18-21-14-8-3-9-15-21)28(17-20-12-6-2-7-13-20)26(32)27(22)16-19-10-4-1-5-11-19/h1-15,22-23H,16-18H2,(H,29,30)/t22-,23+/m0/s1. The second kappa shape index (κ2) is 9.99. The van der Waals surface area contributed by atoms with E-state index in [0.29, 0.717) is 0 Å². The summed E-state index contributed by atoms with van der Waals surface area (Å²) in [5.41, 5.74) is 2.34. The lowest BCUT2D eigenvalue weighted by molar-refractivity contribution is -0.156. The summed E-state index contributed by atoms with van der Waals surface area (Å²) in [5, 5.41) is 10.0. The minimum atomic E-state index is -1.37. The summed E-state index contributed by atoms with van der Waals surface area (Å²) in [6.45, 7) is 0.165. The molecule has 7 heteroatoms. The molecule has 33 heavy (non-hydrogen) atoms. The van der Waals surface area contributed by atoms with E-state index in [9.17, 15) is 19.5 Å². The number of carboxylic acid groups (broad SMARTS) is 1. The summed E-state index contributed by atoms with van der Waals surface area (Å²) in [5.74, 6) is -2.00. The van der Waals surface area contributed by atoms with Gasteiger partial charge in [-0.2, -0.15) is 0 Å². The lowest BCUT2D eigenvalue weighted by Gasteiger charge is -2.24. The summed E-state index contributed by atoms with van der Waals surface area (Å²) >= 11 is 0. The van der Waals surface area contributed by atoms with Crippen molar-refractivity contribution in [2.24, 2.45) is 0 Å². The van der Waals surface area contributed by atoms with E-state index in [1.807, 2.05) is 91.0 Å². The fourth-order valence-electron chi connectivity index (χ4n) is 3.97. The monoisotopic (exact) mass is 444 g/mol. The van der Waals surface area contributed by atoms with Crippen molar-refractivity contribution in [1.82, 2.24) is 9.80 Å². The number of aliphatic carboxylic acids is 1. The van der Waals surface area contributed by atoms with E-state index in [0.717, 1.165) is 16.7 Å². The van der Waals surface area contributed by atoms with Crippen LogP contribution in [-0.4, -0.2) is 45.0 Å². The Bertz CT molecular complexity index is 1110. The first-order chi connectivity index (χ1) is 16.0. The lowest BCUT2D eigenvalue weighted by atomic mass is 10.1. The van der Waals surface area contributed by atoms with E-state index in [2.05, 4.69) is 0 Å². The second-order valence-electron chi connectivity index (χ2n) is 7.83. The van der Waals surface area contributed by atoms with Gasteiger partial charge < -0.3 is 19.6 Å². The molecule has 1 aliphatic rings. The molecule has 3 aromatic carbocycles. The van der Waals surface area contributed by atoms with Gasteiger partial charge in [0, 0.05) is 13.1 Å². The van der Waals surface area contributed by atoms with Gasteiger partial charge in [0.05, 0.1) is 0 Å². The smallest absolute Gasteiger partial charge is 0.332 e. The van der Waals surface area contributed by atoms with Crippen LogP contribution < -0.4 is 0 Å². The summed E-state index contributed by atoms with van der Waals surface area (Å²) in [6, 6.07) is 24.2. The van der Waals surface area contributed by atoms with Gasteiger partial charge in [-0.3, -0.25) is 0 Å². The van der Waals surface area contributed by atoms with Crippen molar-refractivity contribution in [3.63, 3.8) is 0 Å². The van der Waals surface area contributed by atoms with Gasteiger partial charge in [-0.15, -0.1) is 0 Å². The maximum Gasteiger partial charge on any atom is 0.332 e. The molecular weight excluding hydrogens is 420 g/mol. The van der Waals surface area contributed by atoms with E-state index in [4.69, 9.17) is 4.74 Å². The molecule has 168 valence electrons. The maximum atomic E-state index is 13.4. The van der Waals surface area contributed by atoms with Crippen molar-refractivity contribution in [3.05, 3.63) is 108 Å². The number of hydrogen-bond donors (Lipinski definition) is 1. The Morgan fingerprint density at radius 1 is 0.697 bits per heavy atom. The number of carbonyl (C=O) groups is 3. The zero-order chi connectivity index (χ0) is 23.2. The zero-order valence-electron chi connectivity index (χ0n) is 17.9. The minimum Gasteiger partial charge on any atom is -0.480 e. The number of ether oxygens (including phenoxy) is 1. The summed E-state index contributed by atoms with van der Waals surface area (Å²) < 4.78 is 5.48. The molecule has 1 aliphatic heterocycles. The first-order valence-electron chi connectivity index (χ1n) is 10.6. The Morgan fingerprint density at radius 2 is 1.12 bits per heavy atom. The quantitative estimate of drug-likeness (QED) is 0.536. The fraction of sp³-hybridized carbons (Fsp3) is 0.192. The Balaban J connectivity index is 1.63. The molecule has 0 unspecified atom stereocenters. The molecule has 0 bridgehead atoms. The molecule has 2 amide bonds. The number of amides is 2. The third-order valence-electron chi connectivity index (χ3n) is 5.57. The first kappa shape index (κ1) is 22.1. The molecule has 0 radical (unpaired) electrons. The number of nitrogens with zero attached hydrogens (tertiary/aromatic N) is 2. The summed E-state index contributed by atoms with van der Waals surface area (Å²) in [6.07, 6.45) is 0. The first-order valence-corrected chi connectivity index (χ1v) is 10.6. The van der Waals surface area contributed by atoms with Gasteiger partial charge in [-0.25, -0.2) is 14.4 Å². The number of benzene rings is 3. The van der Waals surface area contributed by atoms with Crippen LogP contribution >= 0.6 is 0 Å². The molecule has 1 fully saturated rings. The van der Waals surface area contributed by atoms with Crippen molar-refractivity contribution in [3.8, 4) is 0 Å². The number of esters is 1. The van der Waals surface area contributed by atoms with Gasteiger partial charge >= 0.3 is 18.0 Å². The molecule has 4 rings (SSSR count). The van der Waals surface area contributed by atoms with Crippen molar-refractivity contribution in [1.29, 1.82) is 0 Å². The largest absolute Gasteiger partial charge is 0.480 e. The molecule has 0 spiro atoms. The predicted octanol–water partition coefficient (Wildman–Crippen LogP) is 3.69. The molecule has 2 atom stereocenters.